The predicted molar refractivity (Wildman–Crippen MR) is 129 cm³/mol. The number of allylic oxidation sites excluding steroid dienone is 4. The van der Waals surface area contributed by atoms with Crippen LogP contribution in [0, 0.1) is 28.6 Å². The second kappa shape index (κ2) is 9.16. The molecule has 9 atom stereocenters. The lowest BCUT2D eigenvalue weighted by Crippen LogP contribution is -2.69. The maximum Gasteiger partial charge on any atom is 0.178 e. The molecule has 6 nitrogen and oxygen atoms in total. The van der Waals surface area contributed by atoms with E-state index in [0.29, 0.717) is 25.7 Å². The number of aliphatic hydroxyl groups excluding tert-OH is 3. The summed E-state index contributed by atoms with van der Waals surface area (Å²) >= 11 is 0. The maximum atomic E-state index is 17.4. The molecule has 35 heavy (non-hydrogen) atoms. The van der Waals surface area contributed by atoms with E-state index in [4.69, 9.17) is 4.74 Å². The Balaban J connectivity index is 1.78. The number of fused-ring (bicyclic) bond motifs is 5. The van der Waals surface area contributed by atoms with Crippen molar-refractivity contribution in [1.82, 2.24) is 0 Å². The molecule has 4 aliphatic rings. The summed E-state index contributed by atoms with van der Waals surface area (Å²) < 4.78 is 23.7. The zero-order valence-corrected chi connectivity index (χ0v) is 21.4. The molecule has 4 rings (SSSR count). The fraction of sp³-hybridized carbons (Fsp3) is 0.786. The van der Waals surface area contributed by atoms with Crippen LogP contribution >= 0.6 is 0 Å². The van der Waals surface area contributed by atoms with Crippen LogP contribution in [0.4, 0.5) is 4.39 Å². The van der Waals surface area contributed by atoms with E-state index in [0.717, 1.165) is 18.4 Å². The number of halogens is 1. The molecule has 0 aromatic rings. The van der Waals surface area contributed by atoms with Crippen molar-refractivity contribution in [3.05, 3.63) is 23.8 Å². The van der Waals surface area contributed by atoms with Gasteiger partial charge in [-0.2, -0.15) is 0 Å². The first-order valence-corrected chi connectivity index (χ1v) is 13.2. The number of ketones is 2. The van der Waals surface area contributed by atoms with Crippen molar-refractivity contribution in [1.29, 1.82) is 0 Å². The number of ether oxygens (including phenoxy) is 1. The Morgan fingerprint density at radius 3 is 2.69 bits per heavy atom. The molecule has 3 fully saturated rings. The largest absolute Gasteiger partial charge is 0.390 e. The molecule has 0 spiro atoms. The molecule has 0 bridgehead atoms. The van der Waals surface area contributed by atoms with Gasteiger partial charge < -0.3 is 20.1 Å². The van der Waals surface area contributed by atoms with E-state index in [1.165, 1.54) is 12.2 Å². The molecular weight excluding hydrogens is 451 g/mol. The summed E-state index contributed by atoms with van der Waals surface area (Å²) in [5, 5.41) is 32.0. The number of aliphatic hydroxyl groups is 3. The van der Waals surface area contributed by atoms with Gasteiger partial charge in [0.2, 0.25) is 0 Å². The topological polar surface area (TPSA) is 104 Å². The van der Waals surface area contributed by atoms with E-state index in [9.17, 15) is 24.9 Å². The third-order valence-corrected chi connectivity index (χ3v) is 10.2. The number of hydrogen-bond acceptors (Lipinski definition) is 6. The van der Waals surface area contributed by atoms with Gasteiger partial charge in [0, 0.05) is 23.2 Å². The van der Waals surface area contributed by atoms with Crippen LogP contribution in [0.2, 0.25) is 0 Å². The lowest BCUT2D eigenvalue weighted by atomic mass is 9.44. The zero-order valence-electron chi connectivity index (χ0n) is 21.4. The van der Waals surface area contributed by atoms with Gasteiger partial charge in [0.05, 0.1) is 11.7 Å². The molecule has 0 amide bonds. The summed E-state index contributed by atoms with van der Waals surface area (Å²) in [6, 6.07) is 0. The summed E-state index contributed by atoms with van der Waals surface area (Å²) in [4.78, 5) is 24.7. The number of rotatable bonds is 8. The fourth-order valence-corrected chi connectivity index (χ4v) is 8.31. The van der Waals surface area contributed by atoms with Crippen molar-refractivity contribution in [2.75, 3.05) is 6.61 Å². The first-order valence-electron chi connectivity index (χ1n) is 13.2. The van der Waals surface area contributed by atoms with Gasteiger partial charge in [0.25, 0.3) is 0 Å². The second-order valence-electron chi connectivity index (χ2n) is 11.9. The minimum atomic E-state index is -1.96. The lowest BCUT2D eigenvalue weighted by molar-refractivity contribution is -0.271. The van der Waals surface area contributed by atoms with Crippen LogP contribution in [0.5, 0.6) is 0 Å². The molecule has 0 aliphatic heterocycles. The summed E-state index contributed by atoms with van der Waals surface area (Å²) in [6.07, 6.45) is 5.83. The fourth-order valence-electron chi connectivity index (χ4n) is 8.31. The van der Waals surface area contributed by atoms with Gasteiger partial charge in [-0.25, -0.2) is 4.39 Å². The first kappa shape index (κ1) is 26.6. The van der Waals surface area contributed by atoms with Crippen LogP contribution in [0.25, 0.3) is 0 Å². The Morgan fingerprint density at radius 1 is 1.31 bits per heavy atom. The van der Waals surface area contributed by atoms with E-state index < -0.39 is 47.0 Å². The van der Waals surface area contributed by atoms with Gasteiger partial charge in [-0.3, -0.25) is 9.59 Å². The van der Waals surface area contributed by atoms with Crippen LogP contribution in [0.3, 0.4) is 0 Å². The van der Waals surface area contributed by atoms with Crippen molar-refractivity contribution >= 4 is 11.6 Å². The Hall–Kier alpha value is -1.41. The standard InChI is InChI=1S/C28H41FO6/c1-5-6-7-24(34)35-27(14-20(32)16-30)17(2)12-22-21-9-8-18-13-19(31)10-11-25(18,3)28(21,29)23(33)15-26(22,27)4/h10-11,13,17,21-24,30,33-34H,5-9,12,14-16H2,1-4H3/t17-,21-,22?,23-,24?,25-,26-,27?,28?/m0/s1. The van der Waals surface area contributed by atoms with Gasteiger partial charge in [-0.15, -0.1) is 0 Å². The van der Waals surface area contributed by atoms with Crippen molar-refractivity contribution in [2.24, 2.45) is 28.6 Å². The highest BCUT2D eigenvalue weighted by Gasteiger charge is 2.75. The predicted octanol–water partition coefficient (Wildman–Crippen LogP) is 3.82. The first-order chi connectivity index (χ1) is 16.4. The SMILES string of the molecule is CCCCC(O)OC1(CC(=O)CO)[C@@H](C)CC2[C@@H]3CCC4=CC(=O)C=C[C@]4(C)C3(F)[C@@H](O)C[C@@]21C. The Morgan fingerprint density at radius 2 is 2.03 bits per heavy atom. The summed E-state index contributed by atoms with van der Waals surface area (Å²) in [6.45, 7) is 7.11. The number of unbranched alkanes of at least 4 members (excludes halogenated alkanes) is 1. The van der Waals surface area contributed by atoms with Gasteiger partial charge in [0.1, 0.15) is 6.61 Å². The normalized spacial score (nSPS) is 45.4. The molecule has 0 heterocycles. The summed E-state index contributed by atoms with van der Waals surface area (Å²) in [5.41, 5.74) is -4.22. The molecule has 0 saturated heterocycles. The van der Waals surface area contributed by atoms with Gasteiger partial charge in [-0.05, 0) is 69.4 Å². The highest BCUT2D eigenvalue weighted by molar-refractivity contribution is 6.01. The monoisotopic (exact) mass is 492 g/mol. The Kier molecular flexibility index (Phi) is 6.97. The Bertz CT molecular complexity index is 930. The number of carbonyl (C=O) groups is 2. The third-order valence-electron chi connectivity index (χ3n) is 10.2. The minimum absolute atomic E-state index is 0.0683. The summed E-state index contributed by atoms with van der Waals surface area (Å²) in [7, 11) is 0. The zero-order chi connectivity index (χ0) is 25.8. The third kappa shape index (κ3) is 3.72. The van der Waals surface area contributed by atoms with Crippen LogP contribution in [0.15, 0.2) is 23.8 Å². The molecule has 0 aromatic heterocycles. The molecule has 3 N–H and O–H groups in total. The van der Waals surface area contributed by atoms with E-state index in [-0.39, 0.29) is 36.2 Å². The average molecular weight is 493 g/mol. The number of Topliss-reactive ketones (excluding diaryl/α,β-unsaturated/α-hetero) is 1. The van der Waals surface area contributed by atoms with E-state index in [1.807, 2.05) is 20.8 Å². The van der Waals surface area contributed by atoms with Crippen LogP contribution in [0.1, 0.15) is 79.1 Å². The number of alkyl halides is 1. The smallest absolute Gasteiger partial charge is 0.178 e. The summed E-state index contributed by atoms with van der Waals surface area (Å²) in [5.74, 6) is -1.42. The van der Waals surface area contributed by atoms with Crippen LogP contribution in [-0.2, 0) is 14.3 Å². The maximum absolute atomic E-state index is 17.4. The Labute approximate surface area is 207 Å². The lowest BCUT2D eigenvalue weighted by Gasteiger charge is -2.63. The minimum Gasteiger partial charge on any atom is -0.390 e. The molecule has 196 valence electrons. The van der Waals surface area contributed by atoms with Gasteiger partial charge >= 0.3 is 0 Å². The van der Waals surface area contributed by atoms with Crippen LogP contribution in [-0.4, -0.2) is 57.2 Å². The molecule has 7 heteroatoms. The molecule has 0 aromatic carbocycles. The van der Waals surface area contributed by atoms with Gasteiger partial charge in [-0.1, -0.05) is 38.8 Å². The van der Waals surface area contributed by atoms with Crippen molar-refractivity contribution in [3.63, 3.8) is 0 Å². The quantitative estimate of drug-likeness (QED) is 0.445. The van der Waals surface area contributed by atoms with Crippen molar-refractivity contribution in [3.8, 4) is 0 Å². The molecular formula is C28H41FO6. The van der Waals surface area contributed by atoms with Gasteiger partial charge in [0.15, 0.2) is 23.5 Å². The molecule has 4 aliphatic carbocycles. The number of hydrogen-bond donors (Lipinski definition) is 3. The van der Waals surface area contributed by atoms with Crippen molar-refractivity contribution < 1.29 is 34.0 Å². The number of carbonyl (C=O) groups excluding carboxylic acids is 2. The van der Waals surface area contributed by atoms with Crippen LogP contribution < -0.4 is 0 Å². The second-order valence-corrected chi connectivity index (χ2v) is 11.9. The van der Waals surface area contributed by atoms with E-state index in [1.54, 1.807) is 13.0 Å². The van der Waals surface area contributed by atoms with E-state index in [2.05, 4.69) is 0 Å². The van der Waals surface area contributed by atoms with E-state index >= 15 is 4.39 Å². The molecule has 4 unspecified atom stereocenters. The average Bonchev–Trinajstić information content (AvgIpc) is 3.00. The highest BCUT2D eigenvalue weighted by Crippen LogP contribution is 2.72. The van der Waals surface area contributed by atoms with Crippen molar-refractivity contribution in [2.45, 2.75) is 103 Å². The molecule has 0 radical (unpaired) electrons. The molecule has 3 saturated carbocycles. The highest BCUT2D eigenvalue weighted by atomic mass is 19.1.